The molecule has 0 saturated heterocycles. The highest BCUT2D eigenvalue weighted by atomic mass is 16.5. The third-order valence-corrected chi connectivity index (χ3v) is 3.59. The second-order valence-electron chi connectivity index (χ2n) is 5.58. The summed E-state index contributed by atoms with van der Waals surface area (Å²) in [6, 6.07) is 22.4. The van der Waals surface area contributed by atoms with Crippen LogP contribution in [0.4, 0.5) is 5.69 Å². The lowest BCUT2D eigenvalue weighted by molar-refractivity contribution is -0.118. The zero-order valence-electron chi connectivity index (χ0n) is 14.3. The van der Waals surface area contributed by atoms with Crippen molar-refractivity contribution < 1.29 is 24.2 Å². The summed E-state index contributed by atoms with van der Waals surface area (Å²) >= 11 is 0. The third kappa shape index (κ3) is 5.09. The maximum absolute atomic E-state index is 12.0. The van der Waals surface area contributed by atoms with Gasteiger partial charge in [-0.05, 0) is 48.5 Å². The highest BCUT2D eigenvalue weighted by Gasteiger charge is 2.12. The quantitative estimate of drug-likeness (QED) is 0.657. The van der Waals surface area contributed by atoms with E-state index in [-0.39, 0.29) is 17.9 Å². The average Bonchev–Trinajstić information content (AvgIpc) is 2.69. The Morgan fingerprint density at radius 2 is 1.44 bits per heavy atom. The molecular formula is C21H17NO5. The summed E-state index contributed by atoms with van der Waals surface area (Å²) < 4.78 is 11.0. The topological polar surface area (TPSA) is 84.9 Å². The maximum Gasteiger partial charge on any atom is 0.339 e. The molecule has 0 fully saturated rings. The molecule has 3 rings (SSSR count). The number of carbonyl (C=O) groups is 2. The van der Waals surface area contributed by atoms with Gasteiger partial charge in [-0.1, -0.05) is 30.3 Å². The summed E-state index contributed by atoms with van der Waals surface area (Å²) in [5.74, 6) is 0.00399. The summed E-state index contributed by atoms with van der Waals surface area (Å²) in [6.45, 7) is -0.299. The van der Waals surface area contributed by atoms with Crippen LogP contribution >= 0.6 is 0 Å². The van der Waals surface area contributed by atoms with Crippen molar-refractivity contribution in [3.8, 4) is 17.2 Å². The minimum Gasteiger partial charge on any atom is -0.483 e. The molecule has 0 aliphatic carbocycles. The van der Waals surface area contributed by atoms with Gasteiger partial charge in [0.25, 0.3) is 5.91 Å². The Bertz CT molecular complexity index is 923. The van der Waals surface area contributed by atoms with Gasteiger partial charge in [0.15, 0.2) is 6.61 Å². The van der Waals surface area contributed by atoms with Crippen molar-refractivity contribution in [2.75, 3.05) is 11.9 Å². The largest absolute Gasteiger partial charge is 0.483 e. The first-order valence-electron chi connectivity index (χ1n) is 8.20. The summed E-state index contributed by atoms with van der Waals surface area (Å²) in [5.41, 5.74) is 0.586. The fourth-order valence-electron chi connectivity index (χ4n) is 2.34. The van der Waals surface area contributed by atoms with E-state index in [1.165, 1.54) is 12.1 Å². The minimum atomic E-state index is -1.11. The lowest BCUT2D eigenvalue weighted by atomic mass is 10.2. The lowest BCUT2D eigenvalue weighted by Crippen LogP contribution is -2.20. The van der Waals surface area contributed by atoms with E-state index in [1.54, 1.807) is 36.4 Å². The van der Waals surface area contributed by atoms with Crippen molar-refractivity contribution in [2.24, 2.45) is 0 Å². The molecule has 0 atom stereocenters. The van der Waals surface area contributed by atoms with E-state index < -0.39 is 11.9 Å². The minimum absolute atomic E-state index is 0.00714. The van der Waals surface area contributed by atoms with Crippen LogP contribution < -0.4 is 14.8 Å². The molecule has 0 aliphatic rings. The number of ether oxygens (including phenoxy) is 2. The van der Waals surface area contributed by atoms with Crippen molar-refractivity contribution in [3.05, 3.63) is 84.4 Å². The zero-order valence-corrected chi connectivity index (χ0v) is 14.3. The SMILES string of the molecule is O=C(COc1ccccc1C(=O)O)Nc1ccc(Oc2ccccc2)cc1. The van der Waals surface area contributed by atoms with Crippen molar-refractivity contribution in [1.29, 1.82) is 0 Å². The molecule has 6 nitrogen and oxygen atoms in total. The van der Waals surface area contributed by atoms with Gasteiger partial charge in [-0.15, -0.1) is 0 Å². The molecule has 0 aromatic heterocycles. The van der Waals surface area contributed by atoms with Gasteiger partial charge in [0.2, 0.25) is 0 Å². The second-order valence-corrected chi connectivity index (χ2v) is 5.58. The van der Waals surface area contributed by atoms with E-state index in [0.717, 1.165) is 5.75 Å². The van der Waals surface area contributed by atoms with E-state index in [0.29, 0.717) is 11.4 Å². The molecule has 136 valence electrons. The Hall–Kier alpha value is -3.80. The van der Waals surface area contributed by atoms with Crippen LogP contribution in [0.2, 0.25) is 0 Å². The Morgan fingerprint density at radius 3 is 2.15 bits per heavy atom. The molecule has 2 N–H and O–H groups in total. The summed E-state index contributed by atoms with van der Waals surface area (Å²) in [5, 5.41) is 11.8. The highest BCUT2D eigenvalue weighted by molar-refractivity contribution is 5.93. The van der Waals surface area contributed by atoms with E-state index in [1.807, 2.05) is 30.3 Å². The van der Waals surface area contributed by atoms with E-state index in [4.69, 9.17) is 14.6 Å². The van der Waals surface area contributed by atoms with Crippen molar-refractivity contribution in [3.63, 3.8) is 0 Å². The Morgan fingerprint density at radius 1 is 0.815 bits per heavy atom. The van der Waals surface area contributed by atoms with Gasteiger partial charge in [-0.2, -0.15) is 0 Å². The predicted molar refractivity (Wildman–Crippen MR) is 100 cm³/mol. The smallest absolute Gasteiger partial charge is 0.339 e. The van der Waals surface area contributed by atoms with Crippen LogP contribution in [0.15, 0.2) is 78.9 Å². The van der Waals surface area contributed by atoms with Crippen LogP contribution in [0.25, 0.3) is 0 Å². The first kappa shape index (κ1) is 18.0. The Balaban J connectivity index is 1.54. The number of carboxylic acids is 1. The van der Waals surface area contributed by atoms with Crippen LogP contribution in [0.3, 0.4) is 0 Å². The molecular weight excluding hydrogens is 346 g/mol. The first-order chi connectivity index (χ1) is 13.1. The molecule has 27 heavy (non-hydrogen) atoms. The number of nitrogens with one attached hydrogen (secondary N) is 1. The monoisotopic (exact) mass is 363 g/mol. The number of hydrogen-bond donors (Lipinski definition) is 2. The molecule has 0 spiro atoms. The zero-order chi connectivity index (χ0) is 19.1. The van der Waals surface area contributed by atoms with Gasteiger partial charge in [0.1, 0.15) is 22.8 Å². The van der Waals surface area contributed by atoms with Gasteiger partial charge in [-0.25, -0.2) is 4.79 Å². The van der Waals surface area contributed by atoms with Gasteiger partial charge >= 0.3 is 5.97 Å². The van der Waals surface area contributed by atoms with Crippen LogP contribution in [0.1, 0.15) is 10.4 Å². The number of rotatable bonds is 7. The van der Waals surface area contributed by atoms with Crippen LogP contribution in [-0.4, -0.2) is 23.6 Å². The lowest BCUT2D eigenvalue weighted by Gasteiger charge is -2.10. The van der Waals surface area contributed by atoms with Crippen LogP contribution in [0.5, 0.6) is 17.2 Å². The fourth-order valence-corrected chi connectivity index (χ4v) is 2.34. The molecule has 3 aromatic carbocycles. The van der Waals surface area contributed by atoms with Crippen molar-refractivity contribution in [2.45, 2.75) is 0 Å². The standard InChI is InChI=1S/C21H17NO5/c23-20(14-26-19-9-5-4-8-18(19)21(24)25)22-15-10-12-17(13-11-15)27-16-6-2-1-3-7-16/h1-13H,14H2,(H,22,23)(H,24,25). The molecule has 0 saturated carbocycles. The number of carboxylic acid groups (broad SMARTS) is 1. The number of amides is 1. The van der Waals surface area contributed by atoms with E-state index in [9.17, 15) is 9.59 Å². The molecule has 1 amide bonds. The summed E-state index contributed by atoms with van der Waals surface area (Å²) in [4.78, 5) is 23.2. The molecule has 0 unspecified atom stereocenters. The number of anilines is 1. The molecule has 0 heterocycles. The predicted octanol–water partition coefficient (Wildman–Crippen LogP) is 4.19. The second kappa shape index (κ2) is 8.53. The Kier molecular flexibility index (Phi) is 5.69. The van der Waals surface area contributed by atoms with Crippen molar-refractivity contribution >= 4 is 17.6 Å². The molecule has 0 radical (unpaired) electrons. The number of aromatic carboxylic acids is 1. The highest BCUT2D eigenvalue weighted by Crippen LogP contribution is 2.23. The Labute approximate surface area is 156 Å². The van der Waals surface area contributed by atoms with Gasteiger partial charge in [0, 0.05) is 5.69 Å². The molecule has 0 bridgehead atoms. The van der Waals surface area contributed by atoms with Crippen molar-refractivity contribution in [1.82, 2.24) is 0 Å². The van der Waals surface area contributed by atoms with Gasteiger partial charge in [0.05, 0.1) is 0 Å². The number of carbonyl (C=O) groups excluding carboxylic acids is 1. The molecule has 0 aliphatic heterocycles. The van der Waals surface area contributed by atoms with E-state index in [2.05, 4.69) is 5.32 Å². The summed E-state index contributed by atoms with van der Waals surface area (Å²) in [6.07, 6.45) is 0. The molecule has 3 aromatic rings. The van der Waals surface area contributed by atoms with E-state index >= 15 is 0 Å². The third-order valence-electron chi connectivity index (χ3n) is 3.59. The fraction of sp³-hybridized carbons (Fsp3) is 0.0476. The van der Waals surface area contributed by atoms with Crippen LogP contribution in [-0.2, 0) is 4.79 Å². The van der Waals surface area contributed by atoms with Gasteiger partial charge < -0.3 is 19.9 Å². The maximum atomic E-state index is 12.0. The van der Waals surface area contributed by atoms with Crippen LogP contribution in [0, 0.1) is 0 Å². The average molecular weight is 363 g/mol. The summed E-state index contributed by atoms with van der Waals surface area (Å²) in [7, 11) is 0. The van der Waals surface area contributed by atoms with Gasteiger partial charge in [-0.3, -0.25) is 4.79 Å². The number of hydrogen-bond acceptors (Lipinski definition) is 4. The molecule has 6 heteroatoms. The number of para-hydroxylation sites is 2. The normalized spacial score (nSPS) is 10.1. The number of benzene rings is 3. The first-order valence-corrected chi connectivity index (χ1v) is 8.20.